The molecule has 0 bridgehead atoms. The van der Waals surface area contributed by atoms with Crippen LogP contribution < -0.4 is 0 Å². The van der Waals surface area contributed by atoms with E-state index in [1.165, 1.54) is 0 Å². The average molecular weight is 250 g/mol. The van der Waals surface area contributed by atoms with Gasteiger partial charge >= 0.3 is 5.97 Å². The van der Waals surface area contributed by atoms with Crippen molar-refractivity contribution in [1.29, 1.82) is 0 Å². The van der Waals surface area contributed by atoms with E-state index in [1.807, 2.05) is 42.5 Å². The predicted octanol–water partition coefficient (Wildman–Crippen LogP) is 4.34. The fourth-order valence-corrected chi connectivity index (χ4v) is 2.12. The zero-order valence-corrected chi connectivity index (χ0v) is 10.5. The zero-order chi connectivity index (χ0) is 13.8. The van der Waals surface area contributed by atoms with E-state index in [1.54, 1.807) is 12.2 Å². The van der Waals surface area contributed by atoms with Gasteiger partial charge in [-0.2, -0.15) is 0 Å². The summed E-state index contributed by atoms with van der Waals surface area (Å²) in [5.41, 5.74) is 3.20. The van der Waals surface area contributed by atoms with Gasteiger partial charge in [-0.25, -0.2) is 4.79 Å². The number of hydrogen-bond donors (Lipinski definition) is 1. The third-order valence-electron chi connectivity index (χ3n) is 3.00. The molecule has 0 saturated heterocycles. The van der Waals surface area contributed by atoms with Crippen LogP contribution in [0.5, 0.6) is 0 Å². The van der Waals surface area contributed by atoms with Gasteiger partial charge in [0, 0.05) is 0 Å². The summed E-state index contributed by atoms with van der Waals surface area (Å²) in [4.78, 5) is 11.6. The van der Waals surface area contributed by atoms with Crippen molar-refractivity contribution in [3.63, 3.8) is 0 Å². The molecule has 0 atom stereocenters. The largest absolute Gasteiger partial charge is 0.478 e. The van der Waals surface area contributed by atoms with E-state index in [-0.39, 0.29) is 5.56 Å². The Morgan fingerprint density at radius 3 is 2.21 bits per heavy atom. The molecule has 0 spiro atoms. The maximum absolute atomic E-state index is 11.6. The number of carbonyl (C=O) groups is 1. The average Bonchev–Trinajstić information content (AvgIpc) is 2.46. The molecule has 1 N–H and O–H groups in total. The molecule has 0 aromatic heterocycles. The Bertz CT molecular complexity index is 640. The predicted molar refractivity (Wildman–Crippen MR) is 79.0 cm³/mol. The van der Waals surface area contributed by atoms with E-state index in [9.17, 15) is 9.90 Å². The first kappa shape index (κ1) is 12.8. The highest BCUT2D eigenvalue weighted by molar-refractivity contribution is 6.01. The van der Waals surface area contributed by atoms with E-state index in [2.05, 4.69) is 13.2 Å². The van der Waals surface area contributed by atoms with Crippen LogP contribution in [0.2, 0.25) is 0 Å². The summed E-state index contributed by atoms with van der Waals surface area (Å²) < 4.78 is 0. The van der Waals surface area contributed by atoms with Crippen LogP contribution in [0.1, 0.15) is 21.5 Å². The maximum Gasteiger partial charge on any atom is 0.336 e. The maximum atomic E-state index is 11.6. The van der Waals surface area contributed by atoms with Gasteiger partial charge in [0.1, 0.15) is 0 Å². The molecule has 0 aliphatic carbocycles. The van der Waals surface area contributed by atoms with Crippen molar-refractivity contribution in [2.24, 2.45) is 0 Å². The van der Waals surface area contributed by atoms with Crippen LogP contribution in [0.3, 0.4) is 0 Å². The molecule has 0 amide bonds. The third kappa shape index (κ3) is 2.33. The summed E-state index contributed by atoms with van der Waals surface area (Å²) in [6.45, 7) is 7.41. The van der Waals surface area contributed by atoms with Crippen LogP contribution in [-0.4, -0.2) is 11.1 Å². The van der Waals surface area contributed by atoms with E-state index < -0.39 is 5.97 Å². The smallest absolute Gasteiger partial charge is 0.336 e. The lowest BCUT2D eigenvalue weighted by Gasteiger charge is -2.12. The van der Waals surface area contributed by atoms with Gasteiger partial charge in [-0.3, -0.25) is 0 Å². The summed E-state index contributed by atoms with van der Waals surface area (Å²) in [6.07, 6.45) is 3.20. The van der Waals surface area contributed by atoms with E-state index >= 15 is 0 Å². The van der Waals surface area contributed by atoms with Crippen molar-refractivity contribution in [2.75, 3.05) is 0 Å². The fraction of sp³-hybridized carbons (Fsp3) is 0. The molecular formula is C17H14O2. The van der Waals surface area contributed by atoms with Crippen molar-refractivity contribution in [2.45, 2.75) is 0 Å². The van der Waals surface area contributed by atoms with Crippen LogP contribution >= 0.6 is 0 Å². The molecule has 0 radical (unpaired) electrons. The van der Waals surface area contributed by atoms with Gasteiger partial charge in [0.05, 0.1) is 5.56 Å². The Labute approximate surface area is 112 Å². The van der Waals surface area contributed by atoms with Gasteiger partial charge in [0.15, 0.2) is 0 Å². The van der Waals surface area contributed by atoms with Gasteiger partial charge in [-0.15, -0.1) is 0 Å². The van der Waals surface area contributed by atoms with Crippen molar-refractivity contribution in [3.05, 3.63) is 72.3 Å². The number of benzene rings is 2. The Hall–Kier alpha value is -2.61. The lowest BCUT2D eigenvalue weighted by Crippen LogP contribution is -2.04. The number of hydrogen-bond acceptors (Lipinski definition) is 1. The number of carboxylic acids is 1. The van der Waals surface area contributed by atoms with E-state index in [4.69, 9.17) is 0 Å². The van der Waals surface area contributed by atoms with Crippen LogP contribution in [0.25, 0.3) is 23.3 Å². The van der Waals surface area contributed by atoms with Gasteiger partial charge < -0.3 is 5.11 Å². The van der Waals surface area contributed by atoms with Gasteiger partial charge in [-0.05, 0) is 22.3 Å². The van der Waals surface area contributed by atoms with Crippen molar-refractivity contribution in [3.8, 4) is 11.1 Å². The lowest BCUT2D eigenvalue weighted by molar-refractivity contribution is 0.0697. The summed E-state index contributed by atoms with van der Waals surface area (Å²) in [5.74, 6) is -0.961. The minimum Gasteiger partial charge on any atom is -0.478 e. The molecule has 2 nitrogen and oxygen atoms in total. The monoisotopic (exact) mass is 250 g/mol. The van der Waals surface area contributed by atoms with Crippen LogP contribution in [0.15, 0.2) is 55.6 Å². The first-order chi connectivity index (χ1) is 9.19. The van der Waals surface area contributed by atoms with Crippen LogP contribution in [0, 0.1) is 0 Å². The van der Waals surface area contributed by atoms with Crippen molar-refractivity contribution < 1.29 is 9.90 Å². The number of carboxylic acid groups (broad SMARTS) is 1. The van der Waals surface area contributed by atoms with Gasteiger partial charge in [0.25, 0.3) is 0 Å². The normalized spacial score (nSPS) is 9.89. The molecular weight excluding hydrogens is 236 g/mol. The molecule has 0 unspecified atom stereocenters. The van der Waals surface area contributed by atoms with E-state index in [0.29, 0.717) is 11.1 Å². The van der Waals surface area contributed by atoms with Crippen LogP contribution in [0.4, 0.5) is 0 Å². The minimum absolute atomic E-state index is 0.263. The fourth-order valence-electron chi connectivity index (χ4n) is 2.12. The zero-order valence-electron chi connectivity index (χ0n) is 10.5. The van der Waals surface area contributed by atoms with Crippen LogP contribution in [-0.2, 0) is 0 Å². The molecule has 2 heteroatoms. The molecule has 0 aliphatic rings. The molecule has 2 rings (SSSR count). The number of aromatic carboxylic acids is 1. The Morgan fingerprint density at radius 2 is 1.68 bits per heavy atom. The molecule has 2 aromatic carbocycles. The first-order valence-corrected chi connectivity index (χ1v) is 5.89. The van der Waals surface area contributed by atoms with E-state index in [0.717, 1.165) is 11.1 Å². The van der Waals surface area contributed by atoms with Gasteiger partial charge in [0.2, 0.25) is 0 Å². The summed E-state index contributed by atoms with van der Waals surface area (Å²) in [5, 5.41) is 9.48. The first-order valence-electron chi connectivity index (χ1n) is 5.89. The SMILES string of the molecule is C=Cc1ccc(-c2ccccc2)c(C(=O)O)c1C=C. The van der Waals surface area contributed by atoms with Crippen molar-refractivity contribution >= 4 is 18.1 Å². The minimum atomic E-state index is -0.961. The third-order valence-corrected chi connectivity index (χ3v) is 3.00. The quantitative estimate of drug-likeness (QED) is 0.876. The molecule has 0 heterocycles. The lowest BCUT2D eigenvalue weighted by atomic mass is 9.92. The standard InChI is InChI=1S/C17H14O2/c1-3-12-10-11-15(13-8-6-5-7-9-13)16(17(18)19)14(12)4-2/h3-11H,1-2H2,(H,18,19). The summed E-state index contributed by atoms with van der Waals surface area (Å²) >= 11 is 0. The second kappa shape index (κ2) is 5.36. The topological polar surface area (TPSA) is 37.3 Å². The second-order valence-corrected chi connectivity index (χ2v) is 4.07. The Kier molecular flexibility index (Phi) is 3.62. The molecule has 2 aromatic rings. The summed E-state index contributed by atoms with van der Waals surface area (Å²) in [6, 6.07) is 13.1. The Morgan fingerprint density at radius 1 is 1.00 bits per heavy atom. The molecule has 19 heavy (non-hydrogen) atoms. The Balaban J connectivity index is 2.79. The summed E-state index contributed by atoms with van der Waals surface area (Å²) in [7, 11) is 0. The second-order valence-electron chi connectivity index (χ2n) is 4.07. The molecule has 0 aliphatic heterocycles. The van der Waals surface area contributed by atoms with Gasteiger partial charge in [-0.1, -0.05) is 67.8 Å². The highest BCUT2D eigenvalue weighted by Gasteiger charge is 2.17. The molecule has 94 valence electrons. The highest BCUT2D eigenvalue weighted by atomic mass is 16.4. The molecule has 0 saturated carbocycles. The molecule has 0 fully saturated rings. The number of rotatable bonds is 4. The van der Waals surface area contributed by atoms with Crippen molar-refractivity contribution in [1.82, 2.24) is 0 Å². The highest BCUT2D eigenvalue weighted by Crippen LogP contribution is 2.29.